The first-order chi connectivity index (χ1) is 14.2. The number of ether oxygens (including phenoxy) is 2. The summed E-state index contributed by atoms with van der Waals surface area (Å²) in [5, 5.41) is 3.22. The number of benzene rings is 2. The highest BCUT2D eigenvalue weighted by Crippen LogP contribution is 2.36. The monoisotopic (exact) mass is 393 g/mol. The van der Waals surface area contributed by atoms with Crippen molar-refractivity contribution in [2.75, 3.05) is 19.6 Å². The normalized spacial score (nSPS) is 18.3. The van der Waals surface area contributed by atoms with Crippen molar-refractivity contribution in [1.82, 2.24) is 5.32 Å². The number of hydrogen-bond donors (Lipinski definition) is 1. The number of piperidine rings is 1. The molecule has 0 radical (unpaired) electrons. The van der Waals surface area contributed by atoms with Gasteiger partial charge in [-0.25, -0.2) is 4.79 Å². The average Bonchev–Trinajstić information content (AvgIpc) is 2.73. The van der Waals surface area contributed by atoms with Crippen molar-refractivity contribution >= 4 is 18.4 Å². The van der Waals surface area contributed by atoms with Crippen LogP contribution >= 0.6 is 12.4 Å². The fourth-order valence-corrected chi connectivity index (χ4v) is 3.18. The van der Waals surface area contributed by atoms with E-state index in [2.05, 4.69) is 5.32 Å². The van der Waals surface area contributed by atoms with Gasteiger partial charge in [-0.3, -0.25) is 0 Å². The minimum Gasteiger partial charge on any atom is -0.460 e. The lowest BCUT2D eigenvalue weighted by Gasteiger charge is -2.35. The molecule has 0 amide bonds. The summed E-state index contributed by atoms with van der Waals surface area (Å²) >= 11 is 0. The van der Waals surface area contributed by atoms with Gasteiger partial charge in [0.1, 0.15) is 6.10 Å². The number of hydrogen-bond acceptors (Lipinski definition) is 4. The second-order valence-electron chi connectivity index (χ2n) is 6.22. The quantitative estimate of drug-likeness (QED) is 0.720. The smallest absolute Gasteiger partial charge is 0.348 e. The van der Waals surface area contributed by atoms with Crippen LogP contribution in [0.1, 0.15) is 42.7 Å². The Hall–Kier alpha value is -1.88. The van der Waals surface area contributed by atoms with Gasteiger partial charge in [0.05, 0.1) is 2.74 Å². The Balaban J connectivity index is 0.00000341. The summed E-state index contributed by atoms with van der Waals surface area (Å²) in [7, 11) is 0. The first-order valence-electron chi connectivity index (χ1n) is 10.9. The van der Waals surface area contributed by atoms with Gasteiger partial charge in [-0.05, 0) is 43.4 Å². The molecule has 146 valence electrons. The third kappa shape index (κ3) is 4.89. The Morgan fingerprint density at radius 1 is 1.07 bits per heavy atom. The van der Waals surface area contributed by atoms with Gasteiger partial charge in [-0.1, -0.05) is 67.6 Å². The van der Waals surface area contributed by atoms with Crippen LogP contribution in [0, 0.1) is 0 Å². The minimum absolute atomic E-state index is 0. The Morgan fingerprint density at radius 3 is 2.07 bits per heavy atom. The number of rotatable bonds is 7. The van der Waals surface area contributed by atoms with Crippen LogP contribution in [0.25, 0.3) is 0 Å². The molecule has 0 atom stereocenters. The van der Waals surface area contributed by atoms with Gasteiger partial charge in [0.25, 0.3) is 0 Å². The zero-order valence-corrected chi connectivity index (χ0v) is 16.1. The molecule has 0 aromatic heterocycles. The van der Waals surface area contributed by atoms with Crippen LogP contribution in [0.2, 0.25) is 0 Å². The molecule has 2 aromatic carbocycles. The first-order valence-corrected chi connectivity index (χ1v) is 8.90. The Morgan fingerprint density at radius 2 is 1.59 bits per heavy atom. The fourth-order valence-electron chi connectivity index (χ4n) is 3.18. The number of carbonyl (C=O) groups is 1. The molecule has 1 N–H and O–H groups in total. The predicted molar refractivity (Wildman–Crippen MR) is 109 cm³/mol. The summed E-state index contributed by atoms with van der Waals surface area (Å²) in [5.41, 5.74) is -1.20. The lowest BCUT2D eigenvalue weighted by atomic mass is 9.85. The number of halogens is 1. The molecule has 0 unspecified atom stereocenters. The molecule has 1 saturated heterocycles. The van der Waals surface area contributed by atoms with Gasteiger partial charge in [0.2, 0.25) is 5.60 Å². The molecule has 1 heterocycles. The van der Waals surface area contributed by atoms with Crippen LogP contribution in [0.3, 0.4) is 0 Å². The molecule has 27 heavy (non-hydrogen) atoms. The molecule has 1 aliphatic rings. The van der Waals surface area contributed by atoms with Crippen LogP contribution in [0.15, 0.2) is 60.7 Å². The minimum atomic E-state index is -2.77. The van der Waals surface area contributed by atoms with Crippen LogP contribution in [0.4, 0.5) is 0 Å². The summed E-state index contributed by atoms with van der Waals surface area (Å²) in [5.74, 6) is -0.750. The highest BCUT2D eigenvalue weighted by molar-refractivity contribution is 5.86. The van der Waals surface area contributed by atoms with E-state index in [0.717, 1.165) is 20.0 Å². The topological polar surface area (TPSA) is 47.6 Å². The number of carbonyl (C=O) groups excluding carboxylic acids is 1. The maximum atomic E-state index is 13.7. The number of nitrogens with one attached hydrogen (secondary N) is 1. The fraction of sp³-hybridized carbons (Fsp3) is 0.409. The van der Waals surface area contributed by atoms with E-state index in [9.17, 15) is 4.79 Å². The van der Waals surface area contributed by atoms with Crippen LogP contribution in [-0.4, -0.2) is 31.7 Å². The molecule has 1 fully saturated rings. The van der Waals surface area contributed by atoms with Gasteiger partial charge in [-0.2, -0.15) is 0 Å². The van der Waals surface area contributed by atoms with Crippen molar-refractivity contribution in [3.8, 4) is 0 Å². The van der Waals surface area contributed by atoms with Gasteiger partial charge in [0, 0.05) is 9.30 Å². The van der Waals surface area contributed by atoms with E-state index in [1.807, 2.05) is 0 Å². The van der Waals surface area contributed by atoms with Crippen molar-refractivity contribution in [3.63, 3.8) is 0 Å². The molecule has 3 rings (SSSR count). The maximum absolute atomic E-state index is 13.7. The molecule has 0 bridgehead atoms. The highest BCUT2D eigenvalue weighted by atomic mass is 35.5. The van der Waals surface area contributed by atoms with Gasteiger partial charge in [-0.15, -0.1) is 12.4 Å². The Kier molecular flexibility index (Phi) is 6.24. The van der Waals surface area contributed by atoms with Crippen molar-refractivity contribution in [3.05, 3.63) is 71.8 Å². The van der Waals surface area contributed by atoms with E-state index in [1.54, 1.807) is 60.7 Å². The first kappa shape index (κ1) is 16.1. The van der Waals surface area contributed by atoms with Crippen LogP contribution < -0.4 is 5.32 Å². The second-order valence-corrected chi connectivity index (χ2v) is 6.22. The van der Waals surface area contributed by atoms with Crippen molar-refractivity contribution in [2.45, 2.75) is 37.8 Å². The van der Waals surface area contributed by atoms with Gasteiger partial charge in [0.15, 0.2) is 0 Å². The Bertz CT molecular complexity index is 801. The number of esters is 1. The van der Waals surface area contributed by atoms with E-state index >= 15 is 0 Å². The molecular weight excluding hydrogens is 362 g/mol. The molecule has 0 spiro atoms. The van der Waals surface area contributed by atoms with E-state index < -0.39 is 24.5 Å². The lowest BCUT2D eigenvalue weighted by molar-refractivity contribution is -0.175. The SMILES string of the molecule is Cl.[2H]C([2H])(C)C([2H])([2H])OC(C(=O)OC1CCNCC1)(c1ccccc1)c1ccccc1. The van der Waals surface area contributed by atoms with E-state index in [-0.39, 0.29) is 18.5 Å². The molecular formula is C22H28ClNO3. The molecule has 4 nitrogen and oxygen atoms in total. The molecule has 1 aliphatic heterocycles. The molecule has 0 aliphatic carbocycles. The standard InChI is InChI=1S/C22H27NO3.ClH/c1-2-17-25-22(18-9-5-3-6-10-18,19-11-7-4-8-12-19)21(24)26-20-13-15-23-16-14-20;/h3-12,20,23H,2,13-17H2,1H3;1H/i2D2,17D2;. The van der Waals surface area contributed by atoms with Crippen LogP contribution in [-0.2, 0) is 19.9 Å². The molecule has 5 heteroatoms. The van der Waals surface area contributed by atoms with Crippen LogP contribution in [0.5, 0.6) is 0 Å². The summed E-state index contributed by atoms with van der Waals surface area (Å²) in [6, 6.07) is 17.1. The zero-order chi connectivity index (χ0) is 21.8. The van der Waals surface area contributed by atoms with Gasteiger partial charge < -0.3 is 14.8 Å². The average molecular weight is 394 g/mol. The molecule has 2 aromatic rings. The van der Waals surface area contributed by atoms with Gasteiger partial charge >= 0.3 is 5.97 Å². The summed E-state index contributed by atoms with van der Waals surface area (Å²) in [6.07, 6.45) is -1.39. The zero-order valence-electron chi connectivity index (χ0n) is 19.3. The molecule has 0 saturated carbocycles. The summed E-state index contributed by atoms with van der Waals surface area (Å²) in [4.78, 5) is 13.7. The van der Waals surface area contributed by atoms with E-state index in [1.165, 1.54) is 0 Å². The van der Waals surface area contributed by atoms with Crippen molar-refractivity contribution < 1.29 is 19.8 Å². The predicted octanol–water partition coefficient (Wildman–Crippen LogP) is 4.07. The Labute approximate surface area is 173 Å². The van der Waals surface area contributed by atoms with E-state index in [0.29, 0.717) is 24.0 Å². The maximum Gasteiger partial charge on any atom is 0.348 e. The third-order valence-corrected chi connectivity index (χ3v) is 4.51. The summed E-state index contributed by atoms with van der Waals surface area (Å²) < 4.78 is 44.1. The lowest BCUT2D eigenvalue weighted by Crippen LogP contribution is -2.45. The van der Waals surface area contributed by atoms with Crippen molar-refractivity contribution in [2.24, 2.45) is 0 Å². The third-order valence-electron chi connectivity index (χ3n) is 4.51. The largest absolute Gasteiger partial charge is 0.460 e. The summed E-state index contributed by atoms with van der Waals surface area (Å²) in [6.45, 7) is -0.237. The van der Waals surface area contributed by atoms with Crippen molar-refractivity contribution in [1.29, 1.82) is 0 Å². The van der Waals surface area contributed by atoms with E-state index in [4.69, 9.17) is 15.0 Å². The second kappa shape index (κ2) is 10.5. The highest BCUT2D eigenvalue weighted by Gasteiger charge is 2.45.